The molecule has 370 valence electrons. The molecule has 0 bridgehead atoms. The van der Waals surface area contributed by atoms with Gasteiger partial charge in [0.05, 0.1) is 11.4 Å². The van der Waals surface area contributed by atoms with Crippen LogP contribution in [0.25, 0.3) is 41.1 Å². The number of allylic oxidation sites excluding steroid dienone is 2. The summed E-state index contributed by atoms with van der Waals surface area (Å²) in [5.41, 5.74) is 16.0. The van der Waals surface area contributed by atoms with E-state index in [-0.39, 0.29) is 16.9 Å². The average molecular weight is 998 g/mol. The van der Waals surface area contributed by atoms with Crippen molar-refractivity contribution >= 4 is 41.4 Å². The summed E-state index contributed by atoms with van der Waals surface area (Å²) >= 11 is -4.69. The molecule has 0 saturated heterocycles. The molecule has 0 aromatic heterocycles. The Hall–Kier alpha value is -6.42. The first-order valence-electron chi connectivity index (χ1n) is 23.0. The fourth-order valence-electron chi connectivity index (χ4n) is 8.30. The first kappa shape index (κ1) is 57.9. The standard InChI is InChI=1S/C36H33NO.C14H20.C8H7F3O.C2H6.3FH.V/c1-8-27-28(9-2)35-30-20-15-23(4)21-31(30)36(6,7)32(35)22-34(27)37(25-16-18-26(38)19-17-25)33(10-3)29-14-12-11-13-24(29)5;1-5-11(3)13(6-2)14-10-8-7-9-12(14)4;1-6-2-4-7(5-3-6)12-8(9,10)11;1-2;;;;/h8-22,38H,1-3,5H2,4,6-7H3;6-11H,5H2,1-4H3;2-5H,1H3;1-2H3;3*1H;/q;;;;;;;+3/p-3/b33-29+;13-6-;;;;;;. The number of benzene rings is 6. The van der Waals surface area contributed by atoms with Crippen LogP contribution in [0.4, 0.5) is 34.8 Å². The van der Waals surface area contributed by atoms with E-state index in [4.69, 9.17) is 0 Å². The number of phenolic OH excluding ortho intramolecular Hbond substituents is 1. The van der Waals surface area contributed by atoms with E-state index >= 15 is 0 Å². The van der Waals surface area contributed by atoms with Gasteiger partial charge in [-0.25, -0.2) is 0 Å². The van der Waals surface area contributed by atoms with Gasteiger partial charge in [0.1, 0.15) is 11.5 Å². The Labute approximate surface area is 418 Å². The Bertz CT molecular complexity index is 2850. The van der Waals surface area contributed by atoms with Crippen LogP contribution in [0.15, 0.2) is 153 Å². The number of aromatic hydroxyl groups is 1. The van der Waals surface area contributed by atoms with Gasteiger partial charge in [0.2, 0.25) is 0 Å². The molecule has 3 nitrogen and oxygen atoms in total. The van der Waals surface area contributed by atoms with Crippen LogP contribution in [-0.2, 0) is 22.0 Å². The van der Waals surface area contributed by atoms with Gasteiger partial charge in [-0.2, -0.15) is 0 Å². The topological polar surface area (TPSA) is 32.7 Å². The summed E-state index contributed by atoms with van der Waals surface area (Å²) in [6.07, 6.45) is 4.58. The maximum atomic E-state index is 11.6. The molecule has 1 N–H and O–H groups in total. The quantitative estimate of drug-likeness (QED) is 0.139. The third-order valence-electron chi connectivity index (χ3n) is 11.8. The molecule has 0 spiro atoms. The molecule has 0 heterocycles. The van der Waals surface area contributed by atoms with Gasteiger partial charge in [0.25, 0.3) is 0 Å². The molecule has 70 heavy (non-hydrogen) atoms. The zero-order valence-electron chi connectivity index (χ0n) is 42.0. The molecule has 0 saturated carbocycles. The van der Waals surface area contributed by atoms with E-state index in [1.165, 1.54) is 63.1 Å². The fourth-order valence-corrected chi connectivity index (χ4v) is 8.30. The van der Waals surface area contributed by atoms with Crippen LogP contribution < -0.4 is 20.1 Å². The Morgan fingerprint density at radius 3 is 1.84 bits per heavy atom. The summed E-state index contributed by atoms with van der Waals surface area (Å²) < 4.78 is 68.0. The molecule has 0 amide bonds. The van der Waals surface area contributed by atoms with Crippen molar-refractivity contribution in [2.75, 3.05) is 4.90 Å². The number of alkyl halides is 3. The predicted octanol–water partition coefficient (Wildman–Crippen LogP) is 17.5. The molecule has 0 fully saturated rings. The number of aryl methyl sites for hydroxylation is 3. The minimum atomic E-state index is -4.69. The van der Waals surface area contributed by atoms with Crippen LogP contribution in [-0.4, -0.2) is 11.5 Å². The zero-order valence-corrected chi connectivity index (χ0v) is 43.4. The second kappa shape index (κ2) is 26.5. The van der Waals surface area contributed by atoms with Gasteiger partial charge in [-0.05, 0) is 138 Å². The molecule has 1 unspecified atom stereocenters. The zero-order chi connectivity index (χ0) is 52.5. The van der Waals surface area contributed by atoms with Crippen LogP contribution in [0, 0.1) is 26.7 Å². The molecule has 6 aromatic carbocycles. The molecule has 7 rings (SSSR count). The van der Waals surface area contributed by atoms with Crippen molar-refractivity contribution in [1.82, 2.24) is 0 Å². The summed E-state index contributed by atoms with van der Waals surface area (Å²) in [5, 5.41) is 12.0. The Kier molecular flexibility index (Phi) is 21.9. The number of rotatable bonds is 10. The first-order chi connectivity index (χ1) is 33.1. The normalized spacial score (nSPS) is 12.8. The van der Waals surface area contributed by atoms with Gasteiger partial charge in [-0.15, -0.1) is 13.2 Å². The summed E-state index contributed by atoms with van der Waals surface area (Å²) in [5.74, 6) is 0.678. The third kappa shape index (κ3) is 14.8. The molecular formula is C60H66F6NO2V. The van der Waals surface area contributed by atoms with E-state index in [1.807, 2.05) is 62.4 Å². The van der Waals surface area contributed by atoms with Gasteiger partial charge >= 0.3 is 33.2 Å². The molecule has 1 aliphatic rings. The Morgan fingerprint density at radius 1 is 0.771 bits per heavy atom. The van der Waals surface area contributed by atoms with Crippen molar-refractivity contribution in [2.45, 2.75) is 87.4 Å². The van der Waals surface area contributed by atoms with E-state index in [9.17, 15) is 28.5 Å². The average Bonchev–Trinajstić information content (AvgIpc) is 3.54. The molecule has 10 heteroatoms. The van der Waals surface area contributed by atoms with Crippen LogP contribution in [0.2, 0.25) is 0 Å². The summed E-state index contributed by atoms with van der Waals surface area (Å²) in [4.78, 5) is 2.19. The van der Waals surface area contributed by atoms with Crippen molar-refractivity contribution in [2.24, 2.45) is 5.92 Å². The number of phenols is 1. The molecular weight excluding hydrogens is 932 g/mol. The number of hydrogen-bond donors (Lipinski definition) is 1. The van der Waals surface area contributed by atoms with E-state index in [1.54, 1.807) is 31.2 Å². The maximum absolute atomic E-state index is 11.6. The van der Waals surface area contributed by atoms with Crippen LogP contribution in [0.5, 0.6) is 11.5 Å². The number of nitrogens with zero attached hydrogens (tertiary/aromatic N) is 1. The van der Waals surface area contributed by atoms with E-state index < -0.39 is 23.0 Å². The third-order valence-corrected chi connectivity index (χ3v) is 11.8. The van der Waals surface area contributed by atoms with E-state index in [2.05, 4.69) is 145 Å². The molecule has 0 aliphatic heterocycles. The number of hydrogen-bond acceptors (Lipinski definition) is 3. The number of fused-ring (bicyclic) bond motifs is 3. The van der Waals surface area contributed by atoms with E-state index in [0.29, 0.717) is 5.92 Å². The summed E-state index contributed by atoms with van der Waals surface area (Å²) in [6.45, 7) is 38.3. The van der Waals surface area contributed by atoms with Gasteiger partial charge in [0.15, 0.2) is 0 Å². The Balaban J connectivity index is 0.000000329. The van der Waals surface area contributed by atoms with Gasteiger partial charge in [-0.3, -0.25) is 0 Å². The van der Waals surface area contributed by atoms with Gasteiger partial charge in [0, 0.05) is 21.9 Å². The second-order valence-electron chi connectivity index (χ2n) is 16.7. The van der Waals surface area contributed by atoms with Crippen molar-refractivity contribution in [1.29, 1.82) is 0 Å². The Morgan fingerprint density at radius 2 is 1.33 bits per heavy atom. The summed E-state index contributed by atoms with van der Waals surface area (Å²) in [7, 11) is 0. The molecule has 1 atom stereocenters. The number of halogens is 6. The first-order valence-corrected chi connectivity index (χ1v) is 24.6. The summed E-state index contributed by atoms with van der Waals surface area (Å²) in [6, 6.07) is 38.6. The number of anilines is 2. The molecule has 6 aromatic rings. The van der Waals surface area contributed by atoms with Crippen LogP contribution in [0.3, 0.4) is 0 Å². The fraction of sp³-hybridized carbons (Fsp3) is 0.233. The second-order valence-corrected chi connectivity index (χ2v) is 17.3. The number of ether oxygens (including phenoxy) is 1. The molecule has 0 radical (unpaired) electrons. The predicted molar refractivity (Wildman–Crippen MR) is 281 cm³/mol. The van der Waals surface area contributed by atoms with Crippen molar-refractivity contribution in [3.05, 3.63) is 208 Å². The van der Waals surface area contributed by atoms with E-state index in [0.717, 1.165) is 44.2 Å². The van der Waals surface area contributed by atoms with Crippen molar-refractivity contribution < 1.29 is 49.8 Å². The van der Waals surface area contributed by atoms with Crippen molar-refractivity contribution in [3.8, 4) is 22.6 Å². The monoisotopic (exact) mass is 997 g/mol. The SMILES string of the molecule is C/C=C(\c1ccccc1C)C(C)CC.C=C/C(=c1/ccccc1=C)N(c1ccc(O)cc1)c1cc2c(c(C=C)c1C=C)-c1ccc(C)cc1C2(C)C.CC.Cc1ccc(OC(F)(F)F)cc1.[F][V]([F])[F]. The molecule has 1 aliphatic carbocycles. The minimum absolute atomic E-state index is 0.187. The van der Waals surface area contributed by atoms with Crippen LogP contribution in [0.1, 0.15) is 99.4 Å². The van der Waals surface area contributed by atoms with Gasteiger partial charge < -0.3 is 14.7 Å². The van der Waals surface area contributed by atoms with Crippen LogP contribution >= 0.6 is 0 Å². The van der Waals surface area contributed by atoms with Crippen molar-refractivity contribution in [3.63, 3.8) is 0 Å². The van der Waals surface area contributed by atoms with Gasteiger partial charge in [-0.1, -0.05) is 176 Å².